The molecular weight excluding hydrogens is 540 g/mol. The number of hydrogen-bond donors (Lipinski definition) is 4. The van der Waals surface area contributed by atoms with E-state index in [1.165, 1.54) is 14.0 Å². The molecule has 1 heterocycles. The number of aliphatic hydroxyl groups is 3. The number of likely N-dealkylation sites (tertiary alicyclic amines) is 1. The van der Waals surface area contributed by atoms with Gasteiger partial charge in [-0.15, -0.1) is 0 Å². The Balaban J connectivity index is 1.38. The number of benzene rings is 1. The van der Waals surface area contributed by atoms with Crippen molar-refractivity contribution in [3.05, 3.63) is 29.8 Å². The van der Waals surface area contributed by atoms with Crippen LogP contribution in [-0.2, 0) is 19.0 Å². The largest absolute Gasteiger partial charge is 0.386 e. The Morgan fingerprint density at radius 1 is 1.02 bits per heavy atom. The molecule has 42 heavy (non-hydrogen) atoms. The Kier molecular flexibility index (Phi) is 6.22. The molecule has 7 bridgehead atoms. The highest BCUT2D eigenvalue weighted by atomic mass is 16.5. The summed E-state index contributed by atoms with van der Waals surface area (Å²) in [5, 5.41) is 40.6. The number of carbonyl (C=O) groups excluding carboxylic acids is 2. The zero-order chi connectivity index (χ0) is 30.0. The molecule has 6 aliphatic rings. The molecule has 12 atom stereocenters. The molecule has 10 heteroatoms. The van der Waals surface area contributed by atoms with Crippen LogP contribution >= 0.6 is 0 Å². The van der Waals surface area contributed by atoms with Gasteiger partial charge in [0.2, 0.25) is 5.91 Å². The monoisotopic (exact) mass is 584 g/mol. The molecule has 0 unspecified atom stereocenters. The molecule has 5 saturated carbocycles. The van der Waals surface area contributed by atoms with E-state index in [2.05, 4.69) is 17.3 Å². The molecule has 230 valence electrons. The summed E-state index contributed by atoms with van der Waals surface area (Å²) in [6.07, 6.45) is 0.758. The lowest BCUT2D eigenvalue weighted by Gasteiger charge is -2.71. The van der Waals surface area contributed by atoms with Crippen LogP contribution in [0.4, 0.5) is 5.69 Å². The van der Waals surface area contributed by atoms with Crippen molar-refractivity contribution in [2.45, 2.75) is 86.6 Å². The normalized spacial score (nSPS) is 50.0. The van der Waals surface area contributed by atoms with Crippen LogP contribution in [0.15, 0.2) is 24.3 Å². The van der Waals surface area contributed by atoms with Gasteiger partial charge in [0.1, 0.15) is 22.9 Å². The van der Waals surface area contributed by atoms with Crippen LogP contribution in [0.5, 0.6) is 0 Å². The van der Waals surface area contributed by atoms with Gasteiger partial charge in [-0.25, -0.2) is 0 Å². The van der Waals surface area contributed by atoms with Gasteiger partial charge in [0, 0.05) is 76.5 Å². The van der Waals surface area contributed by atoms with E-state index in [1.54, 1.807) is 32.4 Å². The minimum Gasteiger partial charge on any atom is -0.386 e. The van der Waals surface area contributed by atoms with Gasteiger partial charge in [0.15, 0.2) is 5.78 Å². The third kappa shape index (κ3) is 3.09. The molecule has 1 spiro atoms. The molecule has 1 amide bonds. The maximum atomic E-state index is 14.2. The fourth-order valence-corrected chi connectivity index (χ4v) is 12.1. The first kappa shape index (κ1) is 28.8. The average molecular weight is 585 g/mol. The summed E-state index contributed by atoms with van der Waals surface area (Å²) in [4.78, 5) is 28.4. The standard InChI is InChI=1S/C32H44N2O8/c1-17(35)33-20-9-7-6-8-18(20)21(36)13-28-11-10-24(40-3)31-22(28)12-19(26(31)34(2)16-28)30(38)15-25(41-4)29(37)14-23(31)32(30,39)27(29)42-5/h6-9,19,22-27,37-39H,10-16H2,1-5H3,(H,33,35)/t19-,22-,23+,24-,25+,26-,27-,28-,29-,30+,31-,32+/m1/s1. The van der Waals surface area contributed by atoms with Crippen LogP contribution in [0.25, 0.3) is 0 Å². The number of nitrogens with one attached hydrogen (secondary N) is 1. The lowest BCUT2D eigenvalue weighted by molar-refractivity contribution is -0.343. The number of methoxy groups -OCH3 is 3. The zero-order valence-electron chi connectivity index (χ0n) is 25.1. The lowest BCUT2D eigenvalue weighted by atomic mass is 9.41. The van der Waals surface area contributed by atoms with E-state index in [0.29, 0.717) is 30.6 Å². The Bertz CT molecular complexity index is 1320. The molecule has 10 nitrogen and oxygen atoms in total. The van der Waals surface area contributed by atoms with Crippen LogP contribution in [0, 0.1) is 28.6 Å². The number of Topliss-reactive ketones (excluding diaryl/α,β-unsaturated/α-hetero) is 1. The molecule has 4 N–H and O–H groups in total. The average Bonchev–Trinajstić information content (AvgIpc) is 3.35. The number of fused-ring (bicyclic) bond motifs is 2. The summed E-state index contributed by atoms with van der Waals surface area (Å²) >= 11 is 0. The van der Waals surface area contributed by atoms with Crippen LogP contribution < -0.4 is 5.32 Å². The highest BCUT2D eigenvalue weighted by Crippen LogP contribution is 2.81. The van der Waals surface area contributed by atoms with Crippen molar-refractivity contribution < 1.29 is 39.1 Å². The van der Waals surface area contributed by atoms with Crippen molar-refractivity contribution in [3.8, 4) is 0 Å². The van der Waals surface area contributed by atoms with E-state index in [9.17, 15) is 24.9 Å². The van der Waals surface area contributed by atoms with Crippen LogP contribution in [0.1, 0.15) is 55.8 Å². The van der Waals surface area contributed by atoms with Gasteiger partial charge in [-0.05, 0) is 56.2 Å². The summed E-state index contributed by atoms with van der Waals surface area (Å²) in [7, 11) is 6.82. The van der Waals surface area contributed by atoms with E-state index in [-0.39, 0.29) is 54.9 Å². The van der Waals surface area contributed by atoms with Crippen molar-refractivity contribution in [1.82, 2.24) is 4.90 Å². The van der Waals surface area contributed by atoms with E-state index in [4.69, 9.17) is 14.2 Å². The van der Waals surface area contributed by atoms with Gasteiger partial charge in [0.05, 0.1) is 17.9 Å². The molecule has 0 aromatic heterocycles. The first-order valence-electron chi connectivity index (χ1n) is 15.2. The smallest absolute Gasteiger partial charge is 0.221 e. The topological polar surface area (TPSA) is 138 Å². The Labute approximate surface area is 246 Å². The van der Waals surface area contributed by atoms with Crippen molar-refractivity contribution in [1.29, 1.82) is 0 Å². The van der Waals surface area contributed by atoms with E-state index < -0.39 is 45.8 Å². The predicted octanol–water partition coefficient (Wildman–Crippen LogP) is 1.61. The number of rotatable bonds is 7. The first-order valence-corrected chi connectivity index (χ1v) is 15.2. The highest BCUT2D eigenvalue weighted by Gasteiger charge is 2.90. The van der Waals surface area contributed by atoms with E-state index in [0.717, 1.165) is 6.42 Å². The third-order valence-electron chi connectivity index (χ3n) is 13.0. The molecule has 1 aliphatic heterocycles. The molecule has 1 aromatic rings. The number of anilines is 1. The maximum absolute atomic E-state index is 14.2. The quantitative estimate of drug-likeness (QED) is 0.352. The zero-order valence-corrected chi connectivity index (χ0v) is 25.1. The molecule has 1 saturated heterocycles. The summed E-state index contributed by atoms with van der Waals surface area (Å²) in [6, 6.07) is 7.04. The SMILES string of the molecule is CO[C@H]1C[C@]2(O)[C@@H]3C[C@@H]4[C@@]5(CC(=O)c6ccccc6NC(C)=O)CC[C@@H](OC)[C@]4([C@@H]3N(C)C5)[C@@H]3C[C@]1(O)[C@@H](OC)[C@@]32O. The summed E-state index contributed by atoms with van der Waals surface area (Å²) in [5.74, 6) is -1.16. The summed E-state index contributed by atoms with van der Waals surface area (Å²) < 4.78 is 18.0. The Morgan fingerprint density at radius 3 is 2.40 bits per heavy atom. The van der Waals surface area contributed by atoms with Gasteiger partial charge < -0.3 is 39.7 Å². The Morgan fingerprint density at radius 2 is 1.74 bits per heavy atom. The minimum absolute atomic E-state index is 0.0312. The fourth-order valence-electron chi connectivity index (χ4n) is 12.1. The number of ether oxygens (including phenoxy) is 3. The second kappa shape index (κ2) is 9.06. The molecule has 0 radical (unpaired) electrons. The van der Waals surface area contributed by atoms with Crippen molar-refractivity contribution >= 4 is 17.4 Å². The minimum atomic E-state index is -1.71. The van der Waals surface area contributed by atoms with Crippen LogP contribution in [-0.4, -0.2) is 108 Å². The maximum Gasteiger partial charge on any atom is 0.221 e. The molecule has 5 aliphatic carbocycles. The van der Waals surface area contributed by atoms with Crippen molar-refractivity contribution in [2.75, 3.05) is 40.2 Å². The molecule has 1 aromatic carbocycles. The second-order valence-corrected chi connectivity index (χ2v) is 14.2. The van der Waals surface area contributed by atoms with Crippen LogP contribution in [0.2, 0.25) is 0 Å². The fraction of sp³-hybridized carbons (Fsp3) is 0.750. The van der Waals surface area contributed by atoms with Crippen LogP contribution in [0.3, 0.4) is 0 Å². The number of ketones is 1. The van der Waals surface area contributed by atoms with Crippen molar-refractivity contribution in [2.24, 2.45) is 28.6 Å². The molecule has 7 rings (SSSR count). The number of nitrogens with zero attached hydrogens (tertiary/aromatic N) is 1. The number of amides is 1. The summed E-state index contributed by atoms with van der Waals surface area (Å²) in [5.41, 5.74) is -4.81. The van der Waals surface area contributed by atoms with Gasteiger partial charge >= 0.3 is 0 Å². The summed E-state index contributed by atoms with van der Waals surface area (Å²) in [6.45, 7) is 2.11. The van der Waals surface area contributed by atoms with Gasteiger partial charge in [-0.1, -0.05) is 12.1 Å². The first-order chi connectivity index (χ1) is 19.9. The van der Waals surface area contributed by atoms with Gasteiger partial charge in [-0.3, -0.25) is 9.59 Å². The predicted molar refractivity (Wildman–Crippen MR) is 152 cm³/mol. The van der Waals surface area contributed by atoms with E-state index in [1.807, 2.05) is 6.07 Å². The number of piperidine rings is 1. The number of carbonyl (C=O) groups is 2. The van der Waals surface area contributed by atoms with Gasteiger partial charge in [-0.2, -0.15) is 0 Å². The second-order valence-electron chi connectivity index (χ2n) is 14.2. The molecular formula is C32H44N2O8. The third-order valence-corrected chi connectivity index (χ3v) is 13.0. The number of hydrogen-bond acceptors (Lipinski definition) is 9. The van der Waals surface area contributed by atoms with Crippen molar-refractivity contribution in [3.63, 3.8) is 0 Å². The highest BCUT2D eigenvalue weighted by molar-refractivity contribution is 6.04. The van der Waals surface area contributed by atoms with Gasteiger partial charge in [0.25, 0.3) is 0 Å². The number of para-hydroxylation sites is 1. The lowest BCUT2D eigenvalue weighted by Crippen LogP contribution is -2.83. The Hall–Kier alpha value is -1.92. The van der Waals surface area contributed by atoms with E-state index >= 15 is 0 Å². The molecule has 6 fully saturated rings.